The molecule has 1 aromatic rings. The van der Waals surface area contributed by atoms with Crippen LogP contribution in [0, 0.1) is 0 Å². The molecule has 0 fully saturated rings. The van der Waals surface area contributed by atoms with Crippen LogP contribution in [0.15, 0.2) is 11.3 Å². The SMILES string of the molecule is C[N+]1(C)C(=O)c2[nH]cnc2N=C1N. The molecule has 2 rings (SSSR count). The van der Waals surface area contributed by atoms with E-state index in [0.29, 0.717) is 11.5 Å². The van der Waals surface area contributed by atoms with E-state index in [-0.39, 0.29) is 16.3 Å². The van der Waals surface area contributed by atoms with Gasteiger partial charge in [-0.25, -0.2) is 9.78 Å². The number of amides is 1. The largest absolute Gasteiger partial charge is 0.373 e. The Labute approximate surface area is 74.7 Å². The van der Waals surface area contributed by atoms with Gasteiger partial charge in [0.05, 0.1) is 20.4 Å². The first-order valence-corrected chi connectivity index (χ1v) is 3.80. The Bertz CT molecular complexity index is 403. The molecule has 3 N–H and O–H groups in total. The second-order valence-corrected chi connectivity index (χ2v) is 3.33. The fourth-order valence-electron chi connectivity index (χ4n) is 1.15. The van der Waals surface area contributed by atoms with Gasteiger partial charge >= 0.3 is 11.9 Å². The third kappa shape index (κ3) is 0.888. The van der Waals surface area contributed by atoms with Gasteiger partial charge in [0.15, 0.2) is 11.5 Å². The molecule has 2 heterocycles. The highest BCUT2D eigenvalue weighted by Crippen LogP contribution is 2.23. The summed E-state index contributed by atoms with van der Waals surface area (Å²) >= 11 is 0. The van der Waals surface area contributed by atoms with Crippen molar-refractivity contribution in [3.05, 3.63) is 12.0 Å². The first-order chi connectivity index (χ1) is 6.03. The van der Waals surface area contributed by atoms with Crippen molar-refractivity contribution >= 4 is 17.7 Å². The van der Waals surface area contributed by atoms with Crippen molar-refractivity contribution in [2.24, 2.45) is 10.7 Å². The van der Waals surface area contributed by atoms with Gasteiger partial charge in [0, 0.05) is 0 Å². The van der Waals surface area contributed by atoms with E-state index in [1.165, 1.54) is 6.33 Å². The highest BCUT2D eigenvalue weighted by molar-refractivity contribution is 6.01. The Morgan fingerprint density at radius 3 is 2.92 bits per heavy atom. The van der Waals surface area contributed by atoms with Crippen LogP contribution in [-0.2, 0) is 0 Å². The number of carbonyl (C=O) groups is 1. The van der Waals surface area contributed by atoms with Crippen molar-refractivity contribution in [3.8, 4) is 0 Å². The zero-order valence-corrected chi connectivity index (χ0v) is 7.40. The maximum atomic E-state index is 11.7. The smallest absolute Gasteiger partial charge is 0.337 e. The number of nitrogens with one attached hydrogen (secondary N) is 1. The van der Waals surface area contributed by atoms with Crippen molar-refractivity contribution in [2.75, 3.05) is 14.1 Å². The molecule has 1 aliphatic rings. The van der Waals surface area contributed by atoms with Crippen LogP contribution >= 0.6 is 0 Å². The van der Waals surface area contributed by atoms with E-state index in [1.807, 2.05) is 0 Å². The van der Waals surface area contributed by atoms with Gasteiger partial charge in [-0.15, -0.1) is 0 Å². The predicted octanol–water partition coefficient (Wildman–Crippen LogP) is -0.414. The monoisotopic (exact) mass is 180 g/mol. The lowest BCUT2D eigenvalue weighted by atomic mass is 10.3. The number of aliphatic imine (C=N–C) groups is 1. The van der Waals surface area contributed by atoms with E-state index in [9.17, 15) is 4.79 Å². The van der Waals surface area contributed by atoms with E-state index in [4.69, 9.17) is 5.73 Å². The summed E-state index contributed by atoms with van der Waals surface area (Å²) in [7, 11) is 3.37. The lowest BCUT2D eigenvalue weighted by Gasteiger charge is -2.26. The molecule has 1 aromatic heterocycles. The normalized spacial score (nSPS) is 19.5. The number of fused-ring (bicyclic) bond motifs is 1. The Kier molecular flexibility index (Phi) is 1.32. The van der Waals surface area contributed by atoms with Crippen LogP contribution in [0.2, 0.25) is 0 Å². The third-order valence-corrected chi connectivity index (χ3v) is 2.13. The zero-order chi connectivity index (χ0) is 9.64. The first-order valence-electron chi connectivity index (χ1n) is 3.80. The van der Waals surface area contributed by atoms with Gasteiger partial charge in [0.2, 0.25) is 0 Å². The molecule has 1 aliphatic heterocycles. The number of hydrogen-bond acceptors (Lipinski definition) is 4. The number of quaternary nitrogens is 1. The second kappa shape index (κ2) is 2.17. The molecule has 0 saturated heterocycles. The fourth-order valence-corrected chi connectivity index (χ4v) is 1.15. The summed E-state index contributed by atoms with van der Waals surface area (Å²) in [6.07, 6.45) is 1.44. The molecule has 0 bridgehead atoms. The van der Waals surface area contributed by atoms with Gasteiger partial charge in [-0.3, -0.25) is 0 Å². The summed E-state index contributed by atoms with van der Waals surface area (Å²) < 4.78 is -0.0603. The number of rotatable bonds is 0. The molecule has 0 saturated carbocycles. The number of H-pyrrole nitrogens is 1. The maximum absolute atomic E-state index is 11.7. The van der Waals surface area contributed by atoms with Crippen LogP contribution in [0.4, 0.5) is 5.82 Å². The lowest BCUT2D eigenvalue weighted by molar-refractivity contribution is -0.712. The van der Waals surface area contributed by atoms with E-state index >= 15 is 0 Å². The molecule has 0 atom stereocenters. The van der Waals surface area contributed by atoms with Gasteiger partial charge in [0.25, 0.3) is 0 Å². The Morgan fingerprint density at radius 1 is 1.54 bits per heavy atom. The average molecular weight is 180 g/mol. The highest BCUT2D eigenvalue weighted by Gasteiger charge is 2.40. The Hall–Kier alpha value is -1.69. The van der Waals surface area contributed by atoms with Crippen LogP contribution in [0.1, 0.15) is 10.5 Å². The number of aromatic nitrogens is 2. The summed E-state index contributed by atoms with van der Waals surface area (Å²) in [5, 5.41) is 0. The van der Waals surface area contributed by atoms with Crippen molar-refractivity contribution in [2.45, 2.75) is 0 Å². The summed E-state index contributed by atoms with van der Waals surface area (Å²) in [5.74, 6) is 0.504. The maximum Gasteiger partial charge on any atom is 0.373 e. The quantitative estimate of drug-likeness (QED) is 0.532. The predicted molar refractivity (Wildman–Crippen MR) is 46.3 cm³/mol. The summed E-state index contributed by atoms with van der Waals surface area (Å²) in [6.45, 7) is 0. The van der Waals surface area contributed by atoms with Crippen molar-refractivity contribution in [3.63, 3.8) is 0 Å². The number of imidazole rings is 1. The minimum Gasteiger partial charge on any atom is -0.337 e. The molecule has 6 heteroatoms. The highest BCUT2D eigenvalue weighted by atomic mass is 16.2. The van der Waals surface area contributed by atoms with Crippen LogP contribution in [0.3, 0.4) is 0 Å². The van der Waals surface area contributed by atoms with Crippen LogP contribution in [-0.4, -0.2) is 40.4 Å². The molecule has 1 amide bonds. The van der Waals surface area contributed by atoms with Gasteiger partial charge in [-0.1, -0.05) is 0 Å². The lowest BCUT2D eigenvalue weighted by Crippen LogP contribution is -2.55. The van der Waals surface area contributed by atoms with E-state index in [2.05, 4.69) is 15.0 Å². The van der Waals surface area contributed by atoms with Gasteiger partial charge in [-0.2, -0.15) is 9.48 Å². The number of hydrogen-bond donors (Lipinski definition) is 2. The molecule has 0 spiro atoms. The Balaban J connectivity index is 2.66. The number of carbonyl (C=O) groups excluding carboxylic acids is 1. The topological polar surface area (TPSA) is 84.1 Å². The molecular weight excluding hydrogens is 170 g/mol. The molecule has 68 valence electrons. The van der Waals surface area contributed by atoms with Crippen molar-refractivity contribution in [1.29, 1.82) is 0 Å². The van der Waals surface area contributed by atoms with E-state index in [1.54, 1.807) is 14.1 Å². The van der Waals surface area contributed by atoms with Crippen molar-refractivity contribution in [1.82, 2.24) is 9.97 Å². The summed E-state index contributed by atoms with van der Waals surface area (Å²) in [6, 6.07) is 0. The minimum atomic E-state index is -0.125. The van der Waals surface area contributed by atoms with Crippen LogP contribution in [0.25, 0.3) is 0 Å². The molecule has 0 aliphatic carbocycles. The van der Waals surface area contributed by atoms with Gasteiger partial charge in [0.1, 0.15) is 0 Å². The summed E-state index contributed by atoms with van der Waals surface area (Å²) in [4.78, 5) is 22.4. The Morgan fingerprint density at radius 2 is 2.23 bits per heavy atom. The summed E-state index contributed by atoms with van der Waals surface area (Å²) in [5.41, 5.74) is 6.04. The average Bonchev–Trinajstić information content (AvgIpc) is 2.49. The standard InChI is InChI=1S/C7H9N5O/c1-12(2)6(13)4-5(10-3-9-4)11-7(12)8/h3H,1-2H3,(H2-,8,9,10,11,13)/p+1. The van der Waals surface area contributed by atoms with Crippen LogP contribution < -0.4 is 5.73 Å². The molecule has 6 nitrogen and oxygen atoms in total. The van der Waals surface area contributed by atoms with E-state index in [0.717, 1.165) is 0 Å². The minimum absolute atomic E-state index is 0.0603. The molecule has 0 radical (unpaired) electrons. The molecule has 0 aromatic carbocycles. The fraction of sp³-hybridized carbons (Fsp3) is 0.286. The van der Waals surface area contributed by atoms with Gasteiger partial charge < -0.3 is 10.7 Å². The van der Waals surface area contributed by atoms with Crippen molar-refractivity contribution < 1.29 is 9.28 Å². The molecule has 13 heavy (non-hydrogen) atoms. The number of aromatic amines is 1. The number of nitrogens with zero attached hydrogens (tertiary/aromatic N) is 3. The second-order valence-electron chi connectivity index (χ2n) is 3.33. The third-order valence-electron chi connectivity index (χ3n) is 2.13. The molecular formula is C7H10N5O+. The van der Waals surface area contributed by atoms with Crippen LogP contribution in [0.5, 0.6) is 0 Å². The number of nitrogens with two attached hydrogens (primary N) is 1. The first kappa shape index (κ1) is 7.93. The van der Waals surface area contributed by atoms with Gasteiger partial charge in [-0.05, 0) is 0 Å². The zero-order valence-electron chi connectivity index (χ0n) is 7.40. The van der Waals surface area contributed by atoms with E-state index < -0.39 is 0 Å². The molecule has 0 unspecified atom stereocenters. The number of guanidine groups is 1.